The summed E-state index contributed by atoms with van der Waals surface area (Å²) < 4.78 is 0. The van der Waals surface area contributed by atoms with Crippen LogP contribution in [0, 0.1) is 5.92 Å². The van der Waals surface area contributed by atoms with E-state index >= 15 is 0 Å². The molecule has 1 N–H and O–H groups in total. The van der Waals surface area contributed by atoms with Crippen molar-refractivity contribution >= 4 is 6.08 Å². The van der Waals surface area contributed by atoms with Gasteiger partial charge in [0.2, 0.25) is 0 Å². The molecule has 1 nitrogen and oxygen atoms in total. The number of hydrogen-bond acceptors (Lipinski definition) is 1. The van der Waals surface area contributed by atoms with Crippen LogP contribution in [0.3, 0.4) is 0 Å². The van der Waals surface area contributed by atoms with Gasteiger partial charge in [-0.15, -0.1) is 0 Å². The highest BCUT2D eigenvalue weighted by atomic mass is 16.3. The number of hydrogen-bond donors (Lipinski definition) is 1. The van der Waals surface area contributed by atoms with Crippen molar-refractivity contribution in [3.63, 3.8) is 0 Å². The second kappa shape index (κ2) is 5.97. The first kappa shape index (κ1) is 15.1. The van der Waals surface area contributed by atoms with Crippen molar-refractivity contribution in [2.45, 2.75) is 52.6 Å². The van der Waals surface area contributed by atoms with Gasteiger partial charge in [0.25, 0.3) is 0 Å². The Morgan fingerprint density at radius 2 is 1.85 bits per heavy atom. The molecule has 1 aromatic rings. The van der Waals surface area contributed by atoms with Gasteiger partial charge in [0.05, 0.1) is 5.60 Å². The van der Waals surface area contributed by atoms with Gasteiger partial charge in [-0.3, -0.25) is 0 Å². The van der Waals surface area contributed by atoms with Crippen LogP contribution in [0.5, 0.6) is 0 Å². The van der Waals surface area contributed by atoms with Crippen molar-refractivity contribution in [3.05, 3.63) is 52.6 Å². The number of rotatable bonds is 3. The molecule has 0 saturated carbocycles. The highest BCUT2D eigenvalue weighted by Gasteiger charge is 2.38. The van der Waals surface area contributed by atoms with Crippen molar-refractivity contribution in [1.82, 2.24) is 0 Å². The van der Waals surface area contributed by atoms with Crippen LogP contribution in [-0.4, -0.2) is 10.7 Å². The van der Waals surface area contributed by atoms with Crippen LogP contribution >= 0.6 is 0 Å². The number of benzene rings is 1. The summed E-state index contributed by atoms with van der Waals surface area (Å²) in [6.45, 7) is 8.53. The molecular formula is C19H26O. The normalized spacial score (nSPS) is 29.1. The lowest BCUT2D eigenvalue weighted by Gasteiger charge is -2.40. The second-order valence-corrected chi connectivity index (χ2v) is 6.01. The summed E-state index contributed by atoms with van der Waals surface area (Å²) in [6, 6.07) is 10.3. The zero-order valence-corrected chi connectivity index (χ0v) is 13.1. The summed E-state index contributed by atoms with van der Waals surface area (Å²) in [7, 11) is 0. The third kappa shape index (κ3) is 2.73. The van der Waals surface area contributed by atoms with Gasteiger partial charge in [-0.05, 0) is 54.9 Å². The van der Waals surface area contributed by atoms with Crippen molar-refractivity contribution < 1.29 is 5.11 Å². The molecule has 0 saturated heterocycles. The van der Waals surface area contributed by atoms with Crippen LogP contribution in [0.4, 0.5) is 0 Å². The van der Waals surface area contributed by atoms with Crippen LogP contribution in [0.2, 0.25) is 0 Å². The van der Waals surface area contributed by atoms with E-state index in [1.807, 2.05) is 25.1 Å². The zero-order chi connectivity index (χ0) is 14.8. The van der Waals surface area contributed by atoms with E-state index in [1.165, 1.54) is 16.7 Å². The van der Waals surface area contributed by atoms with E-state index in [0.29, 0.717) is 0 Å². The quantitative estimate of drug-likeness (QED) is 0.821. The molecule has 2 atom stereocenters. The fraction of sp³-hybridized carbons (Fsp3) is 0.474. The first-order valence-corrected chi connectivity index (χ1v) is 7.71. The molecule has 0 aliphatic heterocycles. The van der Waals surface area contributed by atoms with Gasteiger partial charge in [-0.1, -0.05) is 56.7 Å². The van der Waals surface area contributed by atoms with E-state index in [4.69, 9.17) is 0 Å². The minimum atomic E-state index is -0.736. The van der Waals surface area contributed by atoms with Crippen LogP contribution in [0.1, 0.15) is 52.5 Å². The number of aliphatic hydroxyl groups is 1. The predicted octanol–water partition coefficient (Wildman–Crippen LogP) is 4.98. The van der Waals surface area contributed by atoms with Gasteiger partial charge < -0.3 is 5.11 Å². The lowest BCUT2D eigenvalue weighted by molar-refractivity contribution is 0.0398. The van der Waals surface area contributed by atoms with Crippen molar-refractivity contribution in [1.29, 1.82) is 0 Å². The molecular weight excluding hydrogens is 244 g/mol. The molecule has 0 fully saturated rings. The third-order valence-corrected chi connectivity index (χ3v) is 4.70. The molecule has 1 heteroatoms. The molecule has 2 unspecified atom stereocenters. The van der Waals surface area contributed by atoms with Gasteiger partial charge >= 0.3 is 0 Å². The first-order chi connectivity index (χ1) is 9.50. The Morgan fingerprint density at radius 1 is 1.20 bits per heavy atom. The van der Waals surface area contributed by atoms with E-state index in [-0.39, 0.29) is 5.92 Å². The summed E-state index contributed by atoms with van der Waals surface area (Å²) in [6.07, 6.45) is 5.25. The Kier molecular flexibility index (Phi) is 4.49. The molecule has 1 aliphatic carbocycles. The SMILES string of the molecule is CCC1=C(CC)C(=Cc2ccccc2)C(C)(O)C(C)C1. The molecule has 1 aromatic carbocycles. The fourth-order valence-electron chi connectivity index (χ4n) is 3.20. The van der Waals surface area contributed by atoms with Gasteiger partial charge in [-0.2, -0.15) is 0 Å². The lowest BCUT2D eigenvalue weighted by atomic mass is 9.69. The van der Waals surface area contributed by atoms with E-state index in [0.717, 1.165) is 24.8 Å². The Labute approximate surface area is 123 Å². The first-order valence-electron chi connectivity index (χ1n) is 7.71. The highest BCUT2D eigenvalue weighted by molar-refractivity contribution is 5.63. The molecule has 1 aliphatic rings. The van der Waals surface area contributed by atoms with Crippen molar-refractivity contribution in [2.75, 3.05) is 0 Å². The Balaban J connectivity index is 2.57. The van der Waals surface area contributed by atoms with Crippen molar-refractivity contribution in [2.24, 2.45) is 5.92 Å². The average Bonchev–Trinajstić information content (AvgIpc) is 2.45. The van der Waals surface area contributed by atoms with E-state index in [9.17, 15) is 5.11 Å². The monoisotopic (exact) mass is 270 g/mol. The van der Waals surface area contributed by atoms with Crippen LogP contribution < -0.4 is 0 Å². The molecule has 0 spiro atoms. The summed E-state index contributed by atoms with van der Waals surface area (Å²) in [5.41, 5.74) is 4.41. The van der Waals surface area contributed by atoms with E-state index in [2.05, 4.69) is 39.0 Å². The fourth-order valence-corrected chi connectivity index (χ4v) is 3.20. The van der Waals surface area contributed by atoms with Crippen LogP contribution in [0.25, 0.3) is 6.08 Å². The van der Waals surface area contributed by atoms with Crippen LogP contribution in [0.15, 0.2) is 47.1 Å². The molecule has 0 amide bonds. The zero-order valence-electron chi connectivity index (χ0n) is 13.1. The molecule has 0 radical (unpaired) electrons. The van der Waals surface area contributed by atoms with Crippen LogP contribution in [-0.2, 0) is 0 Å². The molecule has 0 aromatic heterocycles. The molecule has 0 heterocycles. The average molecular weight is 270 g/mol. The maximum Gasteiger partial charge on any atom is 0.0899 e. The van der Waals surface area contributed by atoms with E-state index < -0.39 is 5.60 Å². The summed E-state index contributed by atoms with van der Waals surface area (Å²) in [5.74, 6) is 0.266. The Morgan fingerprint density at radius 3 is 2.40 bits per heavy atom. The maximum atomic E-state index is 11.0. The smallest absolute Gasteiger partial charge is 0.0899 e. The topological polar surface area (TPSA) is 20.2 Å². The lowest BCUT2D eigenvalue weighted by Crippen LogP contribution is -2.39. The Hall–Kier alpha value is -1.34. The summed E-state index contributed by atoms with van der Waals surface area (Å²) in [5, 5.41) is 11.0. The standard InChI is InChI=1S/C19H26O/c1-5-16-12-14(3)19(4,20)18(17(16)6-2)13-15-10-8-7-9-11-15/h7-11,13-14,20H,5-6,12H2,1-4H3. The largest absolute Gasteiger partial charge is 0.385 e. The van der Waals surface area contributed by atoms with Gasteiger partial charge in [0.1, 0.15) is 0 Å². The Bertz CT molecular complexity index is 520. The minimum absolute atomic E-state index is 0.266. The molecule has 20 heavy (non-hydrogen) atoms. The van der Waals surface area contributed by atoms with Gasteiger partial charge in [0.15, 0.2) is 0 Å². The summed E-state index contributed by atoms with van der Waals surface area (Å²) in [4.78, 5) is 0. The summed E-state index contributed by atoms with van der Waals surface area (Å²) >= 11 is 0. The van der Waals surface area contributed by atoms with Gasteiger partial charge in [0, 0.05) is 0 Å². The second-order valence-electron chi connectivity index (χ2n) is 6.01. The molecule has 0 bridgehead atoms. The predicted molar refractivity (Wildman–Crippen MR) is 86.4 cm³/mol. The minimum Gasteiger partial charge on any atom is -0.385 e. The molecule has 108 valence electrons. The number of allylic oxidation sites excluding steroid dienone is 1. The van der Waals surface area contributed by atoms with Gasteiger partial charge in [-0.25, -0.2) is 0 Å². The molecule has 2 rings (SSSR count). The highest BCUT2D eigenvalue weighted by Crippen LogP contribution is 2.44. The maximum absolute atomic E-state index is 11.0. The van der Waals surface area contributed by atoms with E-state index in [1.54, 1.807) is 0 Å². The third-order valence-electron chi connectivity index (χ3n) is 4.70. The van der Waals surface area contributed by atoms with Crippen molar-refractivity contribution in [3.8, 4) is 0 Å².